The lowest BCUT2D eigenvalue weighted by Crippen LogP contribution is -2.03. The van der Waals surface area contributed by atoms with E-state index in [2.05, 4.69) is 8.92 Å². The van der Waals surface area contributed by atoms with Crippen molar-refractivity contribution in [1.29, 1.82) is 0 Å². The van der Waals surface area contributed by atoms with Crippen molar-refractivity contribution >= 4 is 16.1 Å². The van der Waals surface area contributed by atoms with Crippen LogP contribution in [-0.2, 0) is 23.8 Å². The van der Waals surface area contributed by atoms with E-state index in [-0.39, 0.29) is 6.61 Å². The summed E-state index contributed by atoms with van der Waals surface area (Å²) >= 11 is 0. The topological polar surface area (TPSA) is 69.7 Å². The molecule has 0 fully saturated rings. The summed E-state index contributed by atoms with van der Waals surface area (Å²) in [5.41, 5.74) is 0. The average Bonchev–Trinajstić information content (AvgIpc) is 2.02. The summed E-state index contributed by atoms with van der Waals surface area (Å²) in [6.07, 6.45) is 4.08. The van der Waals surface area contributed by atoms with Gasteiger partial charge >= 0.3 is 5.97 Å². The SMILES string of the molecule is CCOC(=O)/C=C/CCOS(C)(=O)=O. The van der Waals surface area contributed by atoms with Crippen LogP contribution in [0.1, 0.15) is 13.3 Å². The van der Waals surface area contributed by atoms with Crippen LogP contribution in [0.25, 0.3) is 0 Å². The Hall–Kier alpha value is -0.880. The van der Waals surface area contributed by atoms with Gasteiger partial charge in [0.25, 0.3) is 10.1 Å². The number of ether oxygens (including phenoxy) is 1. The number of hydrogen-bond acceptors (Lipinski definition) is 5. The Kier molecular flexibility index (Phi) is 6.14. The molecule has 0 aromatic heterocycles. The highest BCUT2D eigenvalue weighted by Gasteiger charge is 1.99. The van der Waals surface area contributed by atoms with Gasteiger partial charge in [0.2, 0.25) is 0 Å². The van der Waals surface area contributed by atoms with Crippen molar-refractivity contribution in [3.8, 4) is 0 Å². The summed E-state index contributed by atoms with van der Waals surface area (Å²) in [6, 6.07) is 0. The molecule has 0 unspecified atom stereocenters. The van der Waals surface area contributed by atoms with Crippen molar-refractivity contribution in [1.82, 2.24) is 0 Å². The highest BCUT2D eigenvalue weighted by atomic mass is 32.2. The van der Waals surface area contributed by atoms with Crippen LogP contribution in [0.5, 0.6) is 0 Å². The van der Waals surface area contributed by atoms with Gasteiger partial charge < -0.3 is 4.74 Å². The molecule has 0 saturated carbocycles. The second-order valence-electron chi connectivity index (χ2n) is 2.47. The molecule has 0 N–H and O–H groups in total. The summed E-state index contributed by atoms with van der Waals surface area (Å²) in [4.78, 5) is 10.7. The third-order valence-electron chi connectivity index (χ3n) is 1.12. The molecule has 0 bridgehead atoms. The van der Waals surface area contributed by atoms with Crippen LogP contribution in [0.15, 0.2) is 12.2 Å². The van der Waals surface area contributed by atoms with E-state index in [0.717, 1.165) is 6.26 Å². The third kappa shape index (κ3) is 9.21. The second kappa shape index (κ2) is 6.56. The smallest absolute Gasteiger partial charge is 0.330 e. The van der Waals surface area contributed by atoms with Gasteiger partial charge in [0, 0.05) is 6.08 Å². The van der Waals surface area contributed by atoms with Gasteiger partial charge in [-0.1, -0.05) is 6.08 Å². The van der Waals surface area contributed by atoms with Gasteiger partial charge in [0.15, 0.2) is 0 Å². The minimum atomic E-state index is -3.39. The molecule has 0 amide bonds. The lowest BCUT2D eigenvalue weighted by atomic mass is 10.4. The van der Waals surface area contributed by atoms with E-state index in [1.54, 1.807) is 6.92 Å². The first-order valence-electron chi connectivity index (χ1n) is 4.13. The van der Waals surface area contributed by atoms with Crippen LogP contribution in [0.4, 0.5) is 0 Å². The van der Waals surface area contributed by atoms with E-state index in [0.29, 0.717) is 13.0 Å². The molecule has 0 saturated heterocycles. The van der Waals surface area contributed by atoms with Gasteiger partial charge in [-0.15, -0.1) is 0 Å². The molecule has 0 spiro atoms. The fraction of sp³-hybridized carbons (Fsp3) is 0.625. The number of esters is 1. The molecule has 0 atom stereocenters. The largest absolute Gasteiger partial charge is 0.463 e. The number of carbonyl (C=O) groups excluding carboxylic acids is 1. The Labute approximate surface area is 83.8 Å². The van der Waals surface area contributed by atoms with E-state index in [4.69, 9.17) is 0 Å². The zero-order chi connectivity index (χ0) is 11.0. The number of rotatable bonds is 6. The zero-order valence-electron chi connectivity index (χ0n) is 8.23. The van der Waals surface area contributed by atoms with Crippen molar-refractivity contribution in [3.05, 3.63) is 12.2 Å². The number of hydrogen-bond donors (Lipinski definition) is 0. The molecule has 0 aliphatic rings. The Bertz CT molecular complexity index is 291. The van der Waals surface area contributed by atoms with Gasteiger partial charge in [-0.05, 0) is 13.3 Å². The first-order chi connectivity index (χ1) is 6.45. The van der Waals surface area contributed by atoms with Crippen molar-refractivity contribution in [3.63, 3.8) is 0 Å². The third-order valence-corrected chi connectivity index (χ3v) is 1.72. The Balaban J connectivity index is 3.59. The predicted molar refractivity (Wildman–Crippen MR) is 51.2 cm³/mol. The van der Waals surface area contributed by atoms with E-state index < -0.39 is 16.1 Å². The summed E-state index contributed by atoms with van der Waals surface area (Å²) in [5, 5.41) is 0. The highest BCUT2D eigenvalue weighted by Crippen LogP contribution is 1.91. The quantitative estimate of drug-likeness (QED) is 0.283. The molecular formula is C8H14O5S. The maximum Gasteiger partial charge on any atom is 0.330 e. The molecule has 0 aliphatic heterocycles. The fourth-order valence-corrected chi connectivity index (χ4v) is 1.04. The first kappa shape index (κ1) is 13.1. The molecular weight excluding hydrogens is 208 g/mol. The standard InChI is InChI=1S/C8H14O5S/c1-3-12-8(9)6-4-5-7-13-14(2,10)11/h4,6H,3,5,7H2,1-2H3/b6-4+. The lowest BCUT2D eigenvalue weighted by Gasteiger charge is -1.97. The molecule has 6 heteroatoms. The van der Waals surface area contributed by atoms with Crippen molar-refractivity contribution in [2.75, 3.05) is 19.5 Å². The zero-order valence-corrected chi connectivity index (χ0v) is 9.04. The van der Waals surface area contributed by atoms with Crippen LogP contribution in [0.3, 0.4) is 0 Å². The van der Waals surface area contributed by atoms with Crippen LogP contribution >= 0.6 is 0 Å². The van der Waals surface area contributed by atoms with Gasteiger partial charge in [-0.2, -0.15) is 8.42 Å². The summed E-state index contributed by atoms with van der Waals surface area (Å²) in [7, 11) is -3.39. The molecule has 5 nitrogen and oxygen atoms in total. The fourth-order valence-electron chi connectivity index (χ4n) is 0.637. The summed E-state index contributed by atoms with van der Waals surface area (Å²) in [6.45, 7) is 2.07. The van der Waals surface area contributed by atoms with Crippen LogP contribution in [0.2, 0.25) is 0 Å². The van der Waals surface area contributed by atoms with Gasteiger partial charge in [-0.25, -0.2) is 4.79 Å². The van der Waals surface area contributed by atoms with Crippen molar-refractivity contribution in [2.24, 2.45) is 0 Å². The van der Waals surface area contributed by atoms with Crippen LogP contribution < -0.4 is 0 Å². The lowest BCUT2D eigenvalue weighted by molar-refractivity contribution is -0.137. The molecule has 0 aliphatic carbocycles. The summed E-state index contributed by atoms with van der Waals surface area (Å²) < 4.78 is 30.0. The summed E-state index contributed by atoms with van der Waals surface area (Å²) in [5.74, 6) is -0.438. The molecule has 0 rings (SSSR count). The van der Waals surface area contributed by atoms with Gasteiger partial charge in [0.05, 0.1) is 19.5 Å². The minimum Gasteiger partial charge on any atom is -0.463 e. The van der Waals surface area contributed by atoms with E-state index in [1.807, 2.05) is 0 Å². The van der Waals surface area contributed by atoms with Crippen LogP contribution in [-0.4, -0.2) is 33.9 Å². The molecule has 0 radical (unpaired) electrons. The van der Waals surface area contributed by atoms with E-state index in [9.17, 15) is 13.2 Å². The van der Waals surface area contributed by atoms with E-state index in [1.165, 1.54) is 12.2 Å². The van der Waals surface area contributed by atoms with Crippen molar-refractivity contribution in [2.45, 2.75) is 13.3 Å². The van der Waals surface area contributed by atoms with Gasteiger partial charge in [0.1, 0.15) is 0 Å². The molecule has 82 valence electrons. The van der Waals surface area contributed by atoms with Crippen molar-refractivity contribution < 1.29 is 22.1 Å². The monoisotopic (exact) mass is 222 g/mol. The Morgan fingerprint density at radius 3 is 2.57 bits per heavy atom. The maximum absolute atomic E-state index is 10.7. The second-order valence-corrected chi connectivity index (χ2v) is 4.11. The minimum absolute atomic E-state index is 0.0364. The number of carbonyl (C=O) groups is 1. The maximum atomic E-state index is 10.7. The molecule has 14 heavy (non-hydrogen) atoms. The van der Waals surface area contributed by atoms with Gasteiger partial charge in [-0.3, -0.25) is 4.18 Å². The molecule has 0 aromatic carbocycles. The van der Waals surface area contributed by atoms with Crippen LogP contribution in [0, 0.1) is 0 Å². The molecule has 0 heterocycles. The predicted octanol–water partition coefficient (Wildman–Crippen LogP) is 0.472. The normalized spacial score (nSPS) is 11.9. The Morgan fingerprint density at radius 1 is 1.43 bits per heavy atom. The molecule has 0 aromatic rings. The highest BCUT2D eigenvalue weighted by molar-refractivity contribution is 7.85. The average molecular weight is 222 g/mol. The first-order valence-corrected chi connectivity index (χ1v) is 5.95. The Morgan fingerprint density at radius 2 is 2.07 bits per heavy atom. The van der Waals surface area contributed by atoms with E-state index >= 15 is 0 Å².